The average molecular weight is 302 g/mol. The Labute approximate surface area is 121 Å². The van der Waals surface area contributed by atoms with Crippen LogP contribution >= 0.6 is 0 Å². The molecule has 21 heavy (non-hydrogen) atoms. The molecule has 1 unspecified atom stereocenters. The highest BCUT2D eigenvalue weighted by molar-refractivity contribution is 6.02. The van der Waals surface area contributed by atoms with Gasteiger partial charge in [0, 0.05) is 0 Å². The molecule has 0 saturated carbocycles. The van der Waals surface area contributed by atoms with Crippen molar-refractivity contribution in [1.82, 2.24) is 0 Å². The molecule has 1 rings (SSSR count). The van der Waals surface area contributed by atoms with E-state index in [0.717, 1.165) is 6.07 Å². The summed E-state index contributed by atoms with van der Waals surface area (Å²) in [6, 6.07) is 4.91. The van der Waals surface area contributed by atoms with Crippen LogP contribution in [0.15, 0.2) is 24.3 Å². The lowest BCUT2D eigenvalue weighted by atomic mass is 9.79. The molecule has 0 aliphatic rings. The van der Waals surface area contributed by atoms with Crippen molar-refractivity contribution in [3.05, 3.63) is 35.4 Å². The van der Waals surface area contributed by atoms with Gasteiger partial charge in [0.15, 0.2) is 0 Å². The molecule has 1 atom stereocenters. The Morgan fingerprint density at radius 3 is 2.24 bits per heavy atom. The molecular weight excluding hydrogens is 285 g/mol. The second-order valence-corrected chi connectivity index (χ2v) is 4.94. The summed E-state index contributed by atoms with van der Waals surface area (Å²) in [6.07, 6.45) is -4.89. The van der Waals surface area contributed by atoms with Crippen LogP contribution in [0, 0.1) is 5.41 Å². The first kappa shape index (κ1) is 17.2. The molecule has 1 aromatic rings. The Morgan fingerprint density at radius 1 is 1.19 bits per heavy atom. The summed E-state index contributed by atoms with van der Waals surface area (Å²) in [5.41, 5.74) is -2.57. The summed E-state index contributed by atoms with van der Waals surface area (Å²) in [5, 5.41) is 0. The lowest BCUT2D eigenvalue weighted by Gasteiger charge is -2.25. The number of ketones is 1. The maximum atomic E-state index is 13.0. The number of benzene rings is 1. The summed E-state index contributed by atoms with van der Waals surface area (Å²) in [5.74, 6) is -1.34. The van der Waals surface area contributed by atoms with Gasteiger partial charge in [-0.15, -0.1) is 0 Å². The topological polar surface area (TPSA) is 43.4 Å². The minimum absolute atomic E-state index is 0.0582. The zero-order chi connectivity index (χ0) is 16.3. The van der Waals surface area contributed by atoms with Gasteiger partial charge in [0.25, 0.3) is 0 Å². The number of carbonyl (C=O) groups excluding carboxylic acids is 2. The van der Waals surface area contributed by atoms with Crippen molar-refractivity contribution in [2.75, 3.05) is 6.61 Å². The van der Waals surface area contributed by atoms with Crippen LogP contribution < -0.4 is 0 Å². The van der Waals surface area contributed by atoms with E-state index in [9.17, 15) is 22.8 Å². The zero-order valence-corrected chi connectivity index (χ0v) is 12.1. The lowest BCUT2D eigenvalue weighted by Crippen LogP contribution is -2.39. The Hall–Kier alpha value is -1.85. The lowest BCUT2D eigenvalue weighted by molar-refractivity contribution is -0.159. The fourth-order valence-corrected chi connectivity index (χ4v) is 1.96. The Bertz CT molecular complexity index is 537. The van der Waals surface area contributed by atoms with Gasteiger partial charge in [0.05, 0.1) is 12.2 Å². The minimum atomic E-state index is -4.54. The molecule has 1 aromatic carbocycles. The van der Waals surface area contributed by atoms with E-state index in [1.165, 1.54) is 32.0 Å². The molecule has 0 aliphatic carbocycles. The first-order valence-electron chi connectivity index (χ1n) is 6.46. The van der Waals surface area contributed by atoms with Crippen molar-refractivity contribution in [1.29, 1.82) is 0 Å². The van der Waals surface area contributed by atoms with Crippen LogP contribution in [0.25, 0.3) is 0 Å². The van der Waals surface area contributed by atoms with Crippen molar-refractivity contribution in [3.8, 4) is 0 Å². The van der Waals surface area contributed by atoms with Gasteiger partial charge >= 0.3 is 12.1 Å². The number of carbonyl (C=O) groups is 2. The normalized spacial score (nSPS) is 14.4. The number of ether oxygens (including phenoxy) is 1. The Balaban J connectivity index is 3.23. The summed E-state index contributed by atoms with van der Waals surface area (Å²) in [7, 11) is 0. The van der Waals surface area contributed by atoms with Crippen LogP contribution in [0.1, 0.15) is 31.9 Å². The van der Waals surface area contributed by atoms with E-state index in [1.807, 2.05) is 0 Å². The van der Waals surface area contributed by atoms with Crippen molar-refractivity contribution in [2.24, 2.45) is 5.41 Å². The van der Waals surface area contributed by atoms with Crippen LogP contribution in [0.4, 0.5) is 13.2 Å². The van der Waals surface area contributed by atoms with E-state index < -0.39 is 28.9 Å². The molecular formula is C15H17F3O3. The Morgan fingerprint density at radius 2 is 1.76 bits per heavy atom. The molecule has 0 heterocycles. The van der Waals surface area contributed by atoms with Crippen LogP contribution in [0.2, 0.25) is 0 Å². The largest absolute Gasteiger partial charge is 0.465 e. The van der Waals surface area contributed by atoms with Gasteiger partial charge in [-0.1, -0.05) is 18.2 Å². The Kier molecular flexibility index (Phi) is 5.15. The summed E-state index contributed by atoms with van der Waals surface area (Å²) in [4.78, 5) is 23.7. The van der Waals surface area contributed by atoms with Gasteiger partial charge in [-0.25, -0.2) is 0 Å². The van der Waals surface area contributed by atoms with E-state index in [1.54, 1.807) is 6.92 Å². The van der Waals surface area contributed by atoms with Crippen molar-refractivity contribution in [3.63, 3.8) is 0 Å². The highest BCUT2D eigenvalue weighted by Gasteiger charge is 2.42. The number of alkyl halides is 3. The van der Waals surface area contributed by atoms with E-state index in [2.05, 4.69) is 0 Å². The minimum Gasteiger partial charge on any atom is -0.465 e. The number of esters is 1. The molecule has 0 saturated heterocycles. The van der Waals surface area contributed by atoms with Gasteiger partial charge in [-0.2, -0.15) is 13.2 Å². The summed E-state index contributed by atoms with van der Waals surface area (Å²) in [6.45, 7) is 4.11. The molecule has 0 radical (unpaired) electrons. The summed E-state index contributed by atoms with van der Waals surface area (Å²) < 4.78 is 43.7. The second-order valence-electron chi connectivity index (χ2n) is 4.94. The highest BCUT2D eigenvalue weighted by Crippen LogP contribution is 2.35. The van der Waals surface area contributed by atoms with Gasteiger partial charge in [-0.3, -0.25) is 9.59 Å². The van der Waals surface area contributed by atoms with Crippen LogP contribution in [0.5, 0.6) is 0 Å². The maximum absolute atomic E-state index is 13.0. The third-order valence-corrected chi connectivity index (χ3v) is 3.37. The quantitative estimate of drug-likeness (QED) is 0.618. The van der Waals surface area contributed by atoms with Gasteiger partial charge < -0.3 is 4.74 Å². The predicted octanol–water partition coefficient (Wildman–Crippen LogP) is 3.41. The number of hydrogen-bond acceptors (Lipinski definition) is 3. The smallest absolute Gasteiger partial charge is 0.416 e. The van der Waals surface area contributed by atoms with Crippen LogP contribution in [-0.4, -0.2) is 18.4 Å². The average Bonchev–Trinajstić information content (AvgIpc) is 2.38. The second kappa shape index (κ2) is 6.28. The molecule has 0 bridgehead atoms. The van der Waals surface area contributed by atoms with Crippen LogP contribution in [0.3, 0.4) is 0 Å². The van der Waals surface area contributed by atoms with Crippen molar-refractivity contribution >= 4 is 11.8 Å². The molecule has 6 heteroatoms. The SMILES string of the molecule is CCOC(=O)C(C)(Cc1ccccc1C(F)(F)F)C(C)=O. The molecule has 0 spiro atoms. The summed E-state index contributed by atoms with van der Waals surface area (Å²) >= 11 is 0. The highest BCUT2D eigenvalue weighted by atomic mass is 19.4. The third-order valence-electron chi connectivity index (χ3n) is 3.37. The van der Waals surface area contributed by atoms with E-state index >= 15 is 0 Å². The van der Waals surface area contributed by atoms with Gasteiger partial charge in [-0.05, 0) is 38.8 Å². The molecule has 0 N–H and O–H groups in total. The maximum Gasteiger partial charge on any atom is 0.416 e. The first-order chi connectivity index (χ1) is 9.63. The van der Waals surface area contributed by atoms with Crippen molar-refractivity contribution < 1.29 is 27.5 Å². The van der Waals surface area contributed by atoms with Gasteiger partial charge in [0.2, 0.25) is 0 Å². The first-order valence-corrected chi connectivity index (χ1v) is 6.46. The number of Topliss-reactive ketones (excluding diaryl/α,β-unsaturated/α-hetero) is 1. The monoisotopic (exact) mass is 302 g/mol. The third kappa shape index (κ3) is 3.83. The molecule has 0 aliphatic heterocycles. The fraction of sp³-hybridized carbons (Fsp3) is 0.467. The van der Waals surface area contributed by atoms with Crippen molar-refractivity contribution in [2.45, 2.75) is 33.4 Å². The van der Waals surface area contributed by atoms with E-state index in [4.69, 9.17) is 4.74 Å². The van der Waals surface area contributed by atoms with E-state index in [-0.39, 0.29) is 18.6 Å². The molecule has 0 amide bonds. The van der Waals surface area contributed by atoms with E-state index in [0.29, 0.717) is 0 Å². The van der Waals surface area contributed by atoms with Crippen LogP contribution in [-0.2, 0) is 26.9 Å². The number of hydrogen-bond donors (Lipinski definition) is 0. The fourth-order valence-electron chi connectivity index (χ4n) is 1.96. The number of halogens is 3. The zero-order valence-electron chi connectivity index (χ0n) is 12.1. The number of rotatable bonds is 5. The molecule has 3 nitrogen and oxygen atoms in total. The van der Waals surface area contributed by atoms with Gasteiger partial charge in [0.1, 0.15) is 11.2 Å². The molecule has 0 aromatic heterocycles. The predicted molar refractivity (Wildman–Crippen MR) is 70.6 cm³/mol. The molecule has 0 fully saturated rings. The molecule has 116 valence electrons. The standard InChI is InChI=1S/C15H17F3O3/c1-4-21-13(20)14(3,10(2)19)9-11-7-5-6-8-12(11)15(16,17)18/h5-8H,4,9H2,1-3H3.